The minimum atomic E-state index is 0.539. The predicted octanol–water partition coefficient (Wildman–Crippen LogP) is 4.17. The Kier molecular flexibility index (Phi) is 4.48. The lowest BCUT2D eigenvalue weighted by atomic mass is 9.81. The van der Waals surface area contributed by atoms with E-state index < -0.39 is 0 Å². The minimum absolute atomic E-state index is 0.539. The Bertz CT molecular complexity index is 123. The lowest BCUT2D eigenvalue weighted by Gasteiger charge is -2.24. The normalized spacial score (nSPS) is 11.4. The van der Waals surface area contributed by atoms with Crippen molar-refractivity contribution in [3.05, 3.63) is 11.6 Å². The van der Waals surface area contributed by atoms with Crippen molar-refractivity contribution in [2.45, 2.75) is 53.9 Å². The van der Waals surface area contributed by atoms with Crippen LogP contribution in [-0.2, 0) is 0 Å². The molecule has 0 radical (unpaired) electrons. The van der Waals surface area contributed by atoms with E-state index in [2.05, 4.69) is 40.7 Å². The monoisotopic (exact) mass is 154 g/mol. The Hall–Kier alpha value is -0.260. The van der Waals surface area contributed by atoms with Gasteiger partial charge in [-0.1, -0.05) is 45.3 Å². The zero-order chi connectivity index (χ0) is 8.91. The summed E-state index contributed by atoms with van der Waals surface area (Å²) < 4.78 is 0. The van der Waals surface area contributed by atoms with E-state index in [4.69, 9.17) is 0 Å². The van der Waals surface area contributed by atoms with Crippen LogP contribution in [0.5, 0.6) is 0 Å². The summed E-state index contributed by atoms with van der Waals surface area (Å²) in [5, 5.41) is 0. The highest BCUT2D eigenvalue weighted by Gasteiger charge is 2.16. The van der Waals surface area contributed by atoms with Gasteiger partial charge in [0.05, 0.1) is 0 Å². The molecule has 0 unspecified atom stereocenters. The third kappa shape index (κ3) is 4.23. The van der Waals surface area contributed by atoms with E-state index in [0.717, 1.165) is 0 Å². The summed E-state index contributed by atoms with van der Waals surface area (Å²) >= 11 is 0. The summed E-state index contributed by atoms with van der Waals surface area (Å²) in [5.41, 5.74) is 1.98. The van der Waals surface area contributed by atoms with Gasteiger partial charge < -0.3 is 0 Å². The Morgan fingerprint density at radius 1 is 1.18 bits per heavy atom. The van der Waals surface area contributed by atoms with E-state index in [0.29, 0.717) is 5.41 Å². The van der Waals surface area contributed by atoms with Gasteiger partial charge in [-0.3, -0.25) is 0 Å². The van der Waals surface area contributed by atoms with E-state index in [1.54, 1.807) is 0 Å². The molecule has 0 aromatic heterocycles. The van der Waals surface area contributed by atoms with Crippen molar-refractivity contribution in [3.63, 3.8) is 0 Å². The van der Waals surface area contributed by atoms with Crippen molar-refractivity contribution in [2.75, 3.05) is 0 Å². The molecule has 0 rings (SSSR count). The summed E-state index contributed by atoms with van der Waals surface area (Å²) in [6, 6.07) is 0. The van der Waals surface area contributed by atoms with Crippen LogP contribution >= 0.6 is 0 Å². The van der Waals surface area contributed by atoms with Gasteiger partial charge in [-0.2, -0.15) is 0 Å². The second-order valence-corrected chi connectivity index (χ2v) is 4.00. The smallest absolute Gasteiger partial charge is 0.0294 e. The van der Waals surface area contributed by atoms with Crippen LogP contribution in [0.4, 0.5) is 0 Å². The highest BCUT2D eigenvalue weighted by Crippen LogP contribution is 2.30. The molecule has 0 aromatic carbocycles. The van der Waals surface area contributed by atoms with Gasteiger partial charge in [-0.05, 0) is 25.7 Å². The van der Waals surface area contributed by atoms with Crippen LogP contribution in [-0.4, -0.2) is 0 Å². The molecule has 0 aliphatic carbocycles. The second kappa shape index (κ2) is 4.58. The van der Waals surface area contributed by atoms with Crippen LogP contribution < -0.4 is 0 Å². The zero-order valence-electron chi connectivity index (χ0n) is 8.70. The quantitative estimate of drug-likeness (QED) is 0.533. The van der Waals surface area contributed by atoms with Gasteiger partial charge in [0.1, 0.15) is 0 Å². The molecule has 0 saturated carbocycles. The molecule has 0 heteroatoms. The lowest BCUT2D eigenvalue weighted by molar-refractivity contribution is 0.302. The Morgan fingerprint density at radius 2 is 1.64 bits per heavy atom. The molecule has 0 N–H and O–H groups in total. The standard InChI is InChI=1S/C11H22/c1-6-11(5,7-2)9-8-10(3)4/h8H,6-7,9H2,1-5H3. The molecule has 0 nitrogen and oxygen atoms in total. The molecule has 0 aliphatic heterocycles. The third-order valence-corrected chi connectivity index (χ3v) is 2.71. The first-order valence-electron chi connectivity index (χ1n) is 4.67. The first-order valence-corrected chi connectivity index (χ1v) is 4.67. The molecular weight excluding hydrogens is 132 g/mol. The number of allylic oxidation sites excluding steroid dienone is 2. The highest BCUT2D eigenvalue weighted by molar-refractivity contribution is 4.96. The van der Waals surface area contributed by atoms with Crippen molar-refractivity contribution in [1.29, 1.82) is 0 Å². The molecule has 0 bridgehead atoms. The van der Waals surface area contributed by atoms with E-state index in [1.807, 2.05) is 0 Å². The van der Waals surface area contributed by atoms with Crippen LogP contribution in [0, 0.1) is 5.41 Å². The molecular formula is C11H22. The fourth-order valence-corrected chi connectivity index (χ4v) is 0.989. The molecule has 11 heavy (non-hydrogen) atoms. The van der Waals surface area contributed by atoms with E-state index in [1.165, 1.54) is 24.8 Å². The van der Waals surface area contributed by atoms with Crippen molar-refractivity contribution in [3.8, 4) is 0 Å². The third-order valence-electron chi connectivity index (χ3n) is 2.71. The molecule has 66 valence electrons. The van der Waals surface area contributed by atoms with Gasteiger partial charge in [-0.25, -0.2) is 0 Å². The van der Waals surface area contributed by atoms with Gasteiger partial charge in [0.2, 0.25) is 0 Å². The summed E-state index contributed by atoms with van der Waals surface area (Å²) in [6.07, 6.45) is 6.16. The maximum absolute atomic E-state index is 2.37. The first-order chi connectivity index (χ1) is 5.04. The summed E-state index contributed by atoms with van der Waals surface area (Å²) in [6.45, 7) is 11.3. The van der Waals surface area contributed by atoms with Crippen molar-refractivity contribution >= 4 is 0 Å². The molecule has 0 atom stereocenters. The highest BCUT2D eigenvalue weighted by atomic mass is 14.2. The van der Waals surface area contributed by atoms with Crippen LogP contribution in [0.2, 0.25) is 0 Å². The van der Waals surface area contributed by atoms with Crippen molar-refractivity contribution < 1.29 is 0 Å². The molecule has 0 amide bonds. The summed E-state index contributed by atoms with van der Waals surface area (Å²) in [5.74, 6) is 0. The number of hydrogen-bond donors (Lipinski definition) is 0. The lowest BCUT2D eigenvalue weighted by Crippen LogP contribution is -2.12. The SMILES string of the molecule is CCC(C)(CC)CC=C(C)C. The largest absolute Gasteiger partial charge is 0.0853 e. The first kappa shape index (κ1) is 10.7. The van der Waals surface area contributed by atoms with Gasteiger partial charge in [0, 0.05) is 0 Å². The Balaban J connectivity index is 3.98. The van der Waals surface area contributed by atoms with E-state index >= 15 is 0 Å². The van der Waals surface area contributed by atoms with Crippen molar-refractivity contribution in [1.82, 2.24) is 0 Å². The number of rotatable bonds is 4. The van der Waals surface area contributed by atoms with Gasteiger partial charge in [-0.15, -0.1) is 0 Å². The van der Waals surface area contributed by atoms with Crippen molar-refractivity contribution in [2.24, 2.45) is 5.41 Å². The summed E-state index contributed by atoms with van der Waals surface area (Å²) in [4.78, 5) is 0. The van der Waals surface area contributed by atoms with E-state index in [9.17, 15) is 0 Å². The van der Waals surface area contributed by atoms with Gasteiger partial charge in [0.25, 0.3) is 0 Å². The fourth-order valence-electron chi connectivity index (χ4n) is 0.989. The number of hydrogen-bond acceptors (Lipinski definition) is 0. The maximum atomic E-state index is 2.37. The van der Waals surface area contributed by atoms with Crippen LogP contribution in [0.1, 0.15) is 53.9 Å². The zero-order valence-corrected chi connectivity index (χ0v) is 8.70. The van der Waals surface area contributed by atoms with Crippen LogP contribution in [0.3, 0.4) is 0 Å². The minimum Gasteiger partial charge on any atom is -0.0853 e. The Morgan fingerprint density at radius 3 is 1.91 bits per heavy atom. The molecule has 0 heterocycles. The summed E-state index contributed by atoms with van der Waals surface area (Å²) in [7, 11) is 0. The predicted molar refractivity (Wildman–Crippen MR) is 52.7 cm³/mol. The molecule has 0 aromatic rings. The van der Waals surface area contributed by atoms with E-state index in [-0.39, 0.29) is 0 Å². The van der Waals surface area contributed by atoms with Gasteiger partial charge >= 0.3 is 0 Å². The molecule has 0 fully saturated rings. The van der Waals surface area contributed by atoms with Crippen LogP contribution in [0.25, 0.3) is 0 Å². The maximum Gasteiger partial charge on any atom is -0.0294 e. The molecule has 0 saturated heterocycles. The van der Waals surface area contributed by atoms with Crippen LogP contribution in [0.15, 0.2) is 11.6 Å². The molecule has 0 spiro atoms. The Labute approximate surface area is 71.7 Å². The topological polar surface area (TPSA) is 0 Å². The average molecular weight is 154 g/mol. The van der Waals surface area contributed by atoms with Gasteiger partial charge in [0.15, 0.2) is 0 Å². The fraction of sp³-hybridized carbons (Fsp3) is 0.818. The molecule has 0 aliphatic rings. The second-order valence-electron chi connectivity index (χ2n) is 4.00. The average Bonchev–Trinajstić information content (AvgIpc) is 2.00.